The Labute approximate surface area is 217 Å². The molecule has 38 heavy (non-hydrogen) atoms. The van der Waals surface area contributed by atoms with Crippen molar-refractivity contribution in [1.82, 2.24) is 25.1 Å². The Hall–Kier alpha value is -4.58. The minimum Gasteiger partial charge on any atom is -0.386 e. The van der Waals surface area contributed by atoms with Gasteiger partial charge in [-0.15, -0.1) is 0 Å². The van der Waals surface area contributed by atoms with Crippen molar-refractivity contribution in [2.45, 2.75) is 26.9 Å². The third-order valence-electron chi connectivity index (χ3n) is 5.92. The molecule has 0 spiro atoms. The lowest BCUT2D eigenvalue weighted by molar-refractivity contribution is -0.137. The second-order valence-electron chi connectivity index (χ2n) is 8.75. The average Bonchev–Trinajstić information content (AvgIpc) is 3.50. The second kappa shape index (κ2) is 10.4. The van der Waals surface area contributed by atoms with Gasteiger partial charge in [-0.2, -0.15) is 18.3 Å². The van der Waals surface area contributed by atoms with Gasteiger partial charge in [0, 0.05) is 47.6 Å². The van der Waals surface area contributed by atoms with Gasteiger partial charge in [0.1, 0.15) is 0 Å². The number of amides is 1. The van der Waals surface area contributed by atoms with Crippen LogP contribution in [0.15, 0.2) is 61.3 Å². The van der Waals surface area contributed by atoms with Gasteiger partial charge < -0.3 is 15.2 Å². The third-order valence-corrected chi connectivity index (χ3v) is 5.92. The molecule has 198 valence electrons. The maximum Gasteiger partial charge on any atom is 0.416 e. The van der Waals surface area contributed by atoms with Crippen LogP contribution in [0.2, 0.25) is 0 Å². The summed E-state index contributed by atoms with van der Waals surface area (Å²) >= 11 is 0. The number of halogens is 3. The van der Waals surface area contributed by atoms with E-state index < -0.39 is 17.6 Å². The molecular weight excluding hydrogens is 497 g/mol. The van der Waals surface area contributed by atoms with Crippen LogP contribution in [-0.4, -0.2) is 32.7 Å². The maximum atomic E-state index is 13.6. The number of nitrogens with zero attached hydrogens (tertiary/aromatic N) is 4. The quantitative estimate of drug-likeness (QED) is 0.206. The number of rotatable bonds is 7. The van der Waals surface area contributed by atoms with Crippen molar-refractivity contribution in [3.8, 4) is 5.69 Å². The molecule has 2 aromatic carbocycles. The molecule has 0 saturated heterocycles. The summed E-state index contributed by atoms with van der Waals surface area (Å²) in [5.74, 6) is 5.74. The Balaban J connectivity index is 1.64. The van der Waals surface area contributed by atoms with Crippen molar-refractivity contribution in [3.05, 3.63) is 95.0 Å². The molecule has 1 amide bonds. The summed E-state index contributed by atoms with van der Waals surface area (Å²) in [5.41, 5.74) is 3.86. The van der Waals surface area contributed by atoms with Crippen LogP contribution in [0.1, 0.15) is 38.4 Å². The number of hydrazine groups is 1. The molecule has 5 N–H and O–H groups in total. The Bertz CT molecular complexity index is 1500. The van der Waals surface area contributed by atoms with Crippen molar-refractivity contribution >= 4 is 23.0 Å². The van der Waals surface area contributed by atoms with Crippen LogP contribution in [-0.2, 0) is 6.18 Å². The lowest BCUT2D eigenvalue weighted by atomic mass is 10.1. The highest BCUT2D eigenvalue weighted by molar-refractivity contribution is 6.05. The number of carbonyl (C=O) groups is 1. The van der Waals surface area contributed by atoms with Gasteiger partial charge in [0.2, 0.25) is 0 Å². The number of aromatic nitrogens is 4. The highest BCUT2D eigenvalue weighted by atomic mass is 19.4. The fraction of sp³-hybridized carbons (Fsp3) is 0.192. The molecule has 0 atom stereocenters. The number of benzene rings is 2. The van der Waals surface area contributed by atoms with Gasteiger partial charge in [-0.05, 0) is 56.7 Å². The minimum absolute atomic E-state index is 0.00861. The van der Waals surface area contributed by atoms with Crippen LogP contribution in [0.5, 0.6) is 0 Å². The number of H-pyrrole nitrogens is 1. The zero-order valence-corrected chi connectivity index (χ0v) is 21.2. The Kier molecular flexibility index (Phi) is 7.26. The molecule has 12 heteroatoms. The third kappa shape index (κ3) is 5.70. The zero-order valence-electron chi connectivity index (χ0n) is 21.2. The predicted molar refractivity (Wildman–Crippen MR) is 139 cm³/mol. The number of alkyl halides is 3. The van der Waals surface area contributed by atoms with Gasteiger partial charge >= 0.3 is 6.18 Å². The molecule has 0 radical (unpaired) electrons. The van der Waals surface area contributed by atoms with E-state index >= 15 is 0 Å². The Morgan fingerprint density at radius 1 is 1.16 bits per heavy atom. The molecule has 0 aliphatic heterocycles. The van der Waals surface area contributed by atoms with Gasteiger partial charge in [0.05, 0.1) is 35.2 Å². The standard InChI is InChI=1S/C26H27F3N8O/c1-15-5-6-18(7-24(15)37(30)13-23(31-4)22-11-33-35-17(22)3)25(38)34-20-8-19(26(27,28)29)9-21(10-20)36-12-16(2)32-14-36/h5-14,31H,30H2,1-4H3,(H,33,35)(H,34,38)/b23-13-. The van der Waals surface area contributed by atoms with E-state index in [-0.39, 0.29) is 16.9 Å². The van der Waals surface area contributed by atoms with E-state index in [1.807, 2.05) is 13.8 Å². The van der Waals surface area contributed by atoms with Gasteiger partial charge in [0.15, 0.2) is 0 Å². The molecule has 0 aliphatic carbocycles. The predicted octanol–water partition coefficient (Wildman–Crippen LogP) is 4.69. The van der Waals surface area contributed by atoms with Crippen LogP contribution in [0, 0.1) is 20.8 Å². The number of hydrogen-bond acceptors (Lipinski definition) is 6. The number of carbonyl (C=O) groups excluding carboxylic acids is 1. The van der Waals surface area contributed by atoms with Crippen molar-refractivity contribution < 1.29 is 18.0 Å². The lowest BCUT2D eigenvalue weighted by Gasteiger charge is -2.20. The van der Waals surface area contributed by atoms with Crippen LogP contribution >= 0.6 is 0 Å². The number of anilines is 2. The number of hydrogen-bond donors (Lipinski definition) is 4. The lowest BCUT2D eigenvalue weighted by Crippen LogP contribution is -2.27. The van der Waals surface area contributed by atoms with Gasteiger partial charge in [-0.1, -0.05) is 6.07 Å². The summed E-state index contributed by atoms with van der Waals surface area (Å²) in [6.45, 7) is 5.43. The summed E-state index contributed by atoms with van der Waals surface area (Å²) in [5, 5.41) is 13.9. The molecule has 0 aliphatic rings. The van der Waals surface area contributed by atoms with E-state index in [1.54, 1.807) is 50.8 Å². The van der Waals surface area contributed by atoms with Gasteiger partial charge in [-0.3, -0.25) is 14.9 Å². The number of nitrogens with one attached hydrogen (secondary N) is 3. The number of aromatic amines is 1. The first-order valence-electron chi connectivity index (χ1n) is 11.6. The summed E-state index contributed by atoms with van der Waals surface area (Å²) in [4.78, 5) is 17.2. The normalized spacial score (nSPS) is 11.9. The zero-order chi connectivity index (χ0) is 27.6. The first kappa shape index (κ1) is 26.5. The van der Waals surface area contributed by atoms with Gasteiger partial charge in [-0.25, -0.2) is 10.8 Å². The number of nitrogens with two attached hydrogens (primary N) is 1. The van der Waals surface area contributed by atoms with Crippen LogP contribution in [0.3, 0.4) is 0 Å². The van der Waals surface area contributed by atoms with Crippen molar-refractivity contribution in [3.63, 3.8) is 0 Å². The smallest absolute Gasteiger partial charge is 0.386 e. The van der Waals surface area contributed by atoms with E-state index in [9.17, 15) is 18.0 Å². The molecule has 4 rings (SSSR count). The molecular formula is C26H27F3N8O. The highest BCUT2D eigenvalue weighted by Gasteiger charge is 2.31. The largest absolute Gasteiger partial charge is 0.416 e. The first-order valence-corrected chi connectivity index (χ1v) is 11.6. The summed E-state index contributed by atoms with van der Waals surface area (Å²) < 4.78 is 42.3. The SMILES string of the molecule is CN/C(=C\N(N)c1cc(C(=O)Nc2cc(-n3cnc(C)c3)cc(C(F)(F)F)c2)ccc1C)c1cn[nH]c1C. The highest BCUT2D eigenvalue weighted by Crippen LogP contribution is 2.33. The monoisotopic (exact) mass is 524 g/mol. The fourth-order valence-electron chi connectivity index (χ4n) is 3.89. The van der Waals surface area contributed by atoms with Crippen LogP contribution in [0.4, 0.5) is 24.5 Å². The van der Waals surface area contributed by atoms with E-state index in [2.05, 4.69) is 25.8 Å². The van der Waals surface area contributed by atoms with E-state index in [0.29, 0.717) is 17.1 Å². The number of aryl methyl sites for hydroxylation is 3. The summed E-state index contributed by atoms with van der Waals surface area (Å²) in [6, 6.07) is 8.22. The summed E-state index contributed by atoms with van der Waals surface area (Å²) in [6.07, 6.45) is 1.73. The fourth-order valence-corrected chi connectivity index (χ4v) is 3.89. The molecule has 4 aromatic rings. The van der Waals surface area contributed by atoms with Gasteiger partial charge in [0.25, 0.3) is 5.91 Å². The minimum atomic E-state index is -4.60. The molecule has 0 saturated carbocycles. The first-order chi connectivity index (χ1) is 18.0. The number of imidazole rings is 1. The maximum absolute atomic E-state index is 13.6. The average molecular weight is 525 g/mol. The molecule has 2 heterocycles. The van der Waals surface area contributed by atoms with Crippen LogP contribution < -0.4 is 21.5 Å². The second-order valence-corrected chi connectivity index (χ2v) is 8.75. The van der Waals surface area contributed by atoms with E-state index in [0.717, 1.165) is 29.0 Å². The van der Waals surface area contributed by atoms with Crippen molar-refractivity contribution in [2.75, 3.05) is 17.4 Å². The molecule has 0 fully saturated rings. The van der Waals surface area contributed by atoms with E-state index in [1.165, 1.54) is 22.0 Å². The molecule has 2 aromatic heterocycles. The topological polar surface area (TPSA) is 117 Å². The summed E-state index contributed by atoms with van der Waals surface area (Å²) in [7, 11) is 1.75. The Morgan fingerprint density at radius 2 is 1.92 bits per heavy atom. The van der Waals surface area contributed by atoms with E-state index in [4.69, 9.17) is 5.84 Å². The van der Waals surface area contributed by atoms with Crippen molar-refractivity contribution in [1.29, 1.82) is 0 Å². The van der Waals surface area contributed by atoms with Crippen LogP contribution in [0.25, 0.3) is 11.4 Å². The molecule has 9 nitrogen and oxygen atoms in total. The molecule has 0 bridgehead atoms. The Morgan fingerprint density at radius 3 is 2.53 bits per heavy atom. The van der Waals surface area contributed by atoms with Crippen molar-refractivity contribution in [2.24, 2.45) is 5.84 Å². The molecule has 0 unspecified atom stereocenters.